The van der Waals surface area contributed by atoms with Crippen LogP contribution in [0, 0.1) is 17.2 Å². The van der Waals surface area contributed by atoms with E-state index in [1.165, 1.54) is 22.4 Å². The molecule has 128 valence electrons. The highest BCUT2D eigenvalue weighted by Crippen LogP contribution is 2.39. The largest absolute Gasteiger partial charge is 0.365 e. The molecule has 0 saturated carbocycles. The second-order valence-corrected chi connectivity index (χ2v) is 7.45. The van der Waals surface area contributed by atoms with Crippen molar-refractivity contribution in [3.8, 4) is 6.07 Å². The molecule has 0 saturated heterocycles. The number of anilines is 1. The zero-order valence-electron chi connectivity index (χ0n) is 13.9. The molecule has 1 aliphatic carbocycles. The van der Waals surface area contributed by atoms with E-state index in [4.69, 9.17) is 5.73 Å². The zero-order valence-corrected chi connectivity index (χ0v) is 14.7. The highest BCUT2D eigenvalue weighted by Gasteiger charge is 2.25. The molecule has 25 heavy (non-hydrogen) atoms. The van der Waals surface area contributed by atoms with Crippen LogP contribution in [-0.2, 0) is 24.2 Å². The number of nitrogens with two attached hydrogens (primary N) is 1. The summed E-state index contributed by atoms with van der Waals surface area (Å²) in [5.74, 6) is -0.176. The molecule has 0 fully saturated rings. The maximum Gasteiger partial charge on any atom is 0.290 e. The molecule has 3 N–H and O–H groups in total. The van der Waals surface area contributed by atoms with Gasteiger partial charge in [-0.25, -0.2) is 0 Å². The van der Waals surface area contributed by atoms with E-state index in [1.807, 2.05) is 0 Å². The fourth-order valence-corrected chi connectivity index (χ4v) is 4.43. The van der Waals surface area contributed by atoms with Crippen molar-refractivity contribution in [2.45, 2.75) is 32.7 Å². The minimum atomic E-state index is -0.540. The fourth-order valence-electron chi connectivity index (χ4n) is 3.06. The van der Waals surface area contributed by atoms with Crippen LogP contribution in [-0.4, -0.2) is 11.8 Å². The summed E-state index contributed by atoms with van der Waals surface area (Å²) in [7, 11) is 0. The number of aromatic nitrogens is 1. The van der Waals surface area contributed by atoms with E-state index in [-0.39, 0.29) is 12.5 Å². The van der Waals surface area contributed by atoms with E-state index in [0.717, 1.165) is 24.8 Å². The van der Waals surface area contributed by atoms with Gasteiger partial charge in [0.15, 0.2) is 12.4 Å². The molecule has 0 aliphatic heterocycles. The first-order chi connectivity index (χ1) is 12.0. The molecule has 0 aromatic carbocycles. The molecular weight excluding hydrogens is 336 g/mol. The van der Waals surface area contributed by atoms with Crippen LogP contribution in [0.25, 0.3) is 0 Å². The summed E-state index contributed by atoms with van der Waals surface area (Å²) in [6, 6.07) is 5.50. The number of rotatable bonds is 4. The Labute approximate surface area is 149 Å². The summed E-state index contributed by atoms with van der Waals surface area (Å²) in [5, 5.41) is 13.0. The van der Waals surface area contributed by atoms with Gasteiger partial charge in [-0.3, -0.25) is 9.59 Å². The van der Waals surface area contributed by atoms with Crippen LogP contribution in [0.4, 0.5) is 5.00 Å². The van der Waals surface area contributed by atoms with E-state index in [0.29, 0.717) is 22.0 Å². The first-order valence-corrected chi connectivity index (χ1v) is 8.93. The van der Waals surface area contributed by atoms with Crippen molar-refractivity contribution in [2.24, 2.45) is 11.7 Å². The molecule has 0 bridgehead atoms. The summed E-state index contributed by atoms with van der Waals surface area (Å²) >= 11 is 1.50. The van der Waals surface area contributed by atoms with Crippen molar-refractivity contribution in [3.63, 3.8) is 0 Å². The Bertz CT molecular complexity index is 882. The van der Waals surface area contributed by atoms with Gasteiger partial charge >= 0.3 is 0 Å². The summed E-state index contributed by atoms with van der Waals surface area (Å²) in [5.41, 5.74) is 7.28. The number of thiophene rings is 1. The highest BCUT2D eigenvalue weighted by atomic mass is 32.1. The van der Waals surface area contributed by atoms with Crippen molar-refractivity contribution in [2.75, 3.05) is 5.32 Å². The normalized spacial score (nSPS) is 15.9. The van der Waals surface area contributed by atoms with Gasteiger partial charge in [-0.05, 0) is 36.8 Å². The summed E-state index contributed by atoms with van der Waals surface area (Å²) in [4.78, 5) is 24.8. The molecular formula is C18H19N4O2S+. The maximum absolute atomic E-state index is 12.4. The average molecular weight is 355 g/mol. The van der Waals surface area contributed by atoms with Gasteiger partial charge < -0.3 is 11.1 Å². The molecule has 0 spiro atoms. The quantitative estimate of drug-likeness (QED) is 0.818. The Morgan fingerprint density at radius 1 is 1.52 bits per heavy atom. The number of pyridine rings is 1. The van der Waals surface area contributed by atoms with Crippen molar-refractivity contribution in [1.82, 2.24) is 0 Å². The van der Waals surface area contributed by atoms with E-state index < -0.39 is 5.91 Å². The Hall–Kier alpha value is -2.72. The van der Waals surface area contributed by atoms with Crippen LogP contribution < -0.4 is 15.6 Å². The van der Waals surface area contributed by atoms with Crippen molar-refractivity contribution in [1.29, 1.82) is 5.26 Å². The van der Waals surface area contributed by atoms with Crippen LogP contribution in [0.5, 0.6) is 0 Å². The zero-order chi connectivity index (χ0) is 18.0. The second-order valence-electron chi connectivity index (χ2n) is 6.35. The number of fused-ring (bicyclic) bond motifs is 1. The summed E-state index contributed by atoms with van der Waals surface area (Å²) < 4.78 is 1.59. The van der Waals surface area contributed by atoms with Crippen LogP contribution >= 0.6 is 11.3 Å². The highest BCUT2D eigenvalue weighted by molar-refractivity contribution is 7.16. The number of nitriles is 1. The smallest absolute Gasteiger partial charge is 0.290 e. The van der Waals surface area contributed by atoms with Gasteiger partial charge in [-0.15, -0.1) is 11.3 Å². The Kier molecular flexibility index (Phi) is 4.81. The fraction of sp³-hybridized carbons (Fsp3) is 0.333. The lowest BCUT2D eigenvalue weighted by molar-refractivity contribution is -0.684. The Morgan fingerprint density at radius 3 is 3.04 bits per heavy atom. The van der Waals surface area contributed by atoms with E-state index in [9.17, 15) is 14.9 Å². The first kappa shape index (κ1) is 17.1. The molecule has 0 unspecified atom stereocenters. The second kappa shape index (κ2) is 7.03. The topological polar surface area (TPSA) is 99.9 Å². The number of hydrogen-bond acceptors (Lipinski definition) is 4. The van der Waals surface area contributed by atoms with Gasteiger partial charge in [0.2, 0.25) is 6.54 Å². The SMILES string of the molecule is C[C@H]1CCc2c(sc(NC(=O)C[n+]3cccc(C(N)=O)c3)c2C#N)C1. The minimum absolute atomic E-state index is 0.0466. The van der Waals surface area contributed by atoms with Crippen molar-refractivity contribution in [3.05, 3.63) is 46.1 Å². The third-order valence-electron chi connectivity index (χ3n) is 4.35. The Morgan fingerprint density at radius 2 is 2.32 bits per heavy atom. The van der Waals surface area contributed by atoms with Gasteiger partial charge in [0.05, 0.1) is 5.56 Å². The van der Waals surface area contributed by atoms with Gasteiger partial charge in [-0.2, -0.15) is 9.83 Å². The summed E-state index contributed by atoms with van der Waals surface area (Å²) in [6.45, 7) is 2.25. The number of hydrogen-bond donors (Lipinski definition) is 2. The molecule has 7 heteroatoms. The standard InChI is InChI=1S/C18H18N4O2S/c1-11-4-5-13-14(8-19)18(25-15(13)7-11)21-16(23)10-22-6-2-3-12(9-22)17(20)24/h2-3,6,9,11H,4-5,7,10H2,1H3,(H2-,20,21,23,24)/p+1/t11-/m0/s1. The molecule has 2 aromatic rings. The molecule has 3 rings (SSSR count). The number of amides is 2. The van der Waals surface area contributed by atoms with Crippen molar-refractivity contribution >= 4 is 28.2 Å². The van der Waals surface area contributed by atoms with Crippen LogP contribution in [0.3, 0.4) is 0 Å². The molecule has 2 heterocycles. The van der Waals surface area contributed by atoms with Crippen molar-refractivity contribution < 1.29 is 14.2 Å². The van der Waals surface area contributed by atoms with E-state index in [1.54, 1.807) is 22.9 Å². The third kappa shape index (κ3) is 3.69. The molecule has 1 atom stereocenters. The van der Waals surface area contributed by atoms with Crippen LogP contribution in [0.15, 0.2) is 24.5 Å². The monoisotopic (exact) mass is 355 g/mol. The maximum atomic E-state index is 12.4. The summed E-state index contributed by atoms with van der Waals surface area (Å²) in [6.07, 6.45) is 6.15. The number of nitrogens with zero attached hydrogens (tertiary/aromatic N) is 2. The lowest BCUT2D eigenvalue weighted by Crippen LogP contribution is -2.40. The number of carbonyl (C=O) groups is 2. The van der Waals surface area contributed by atoms with E-state index in [2.05, 4.69) is 18.3 Å². The number of primary amides is 1. The average Bonchev–Trinajstić information content (AvgIpc) is 2.90. The van der Waals surface area contributed by atoms with Crippen LogP contribution in [0.1, 0.15) is 39.7 Å². The predicted octanol–water partition coefficient (Wildman–Crippen LogP) is 1.77. The van der Waals surface area contributed by atoms with Crippen LogP contribution in [0.2, 0.25) is 0 Å². The number of nitrogens with one attached hydrogen (secondary N) is 1. The lowest BCUT2D eigenvalue weighted by atomic mass is 9.89. The molecule has 2 amide bonds. The Balaban J connectivity index is 1.77. The van der Waals surface area contributed by atoms with Gasteiger partial charge in [0.25, 0.3) is 11.8 Å². The predicted molar refractivity (Wildman–Crippen MR) is 94.0 cm³/mol. The number of carbonyl (C=O) groups excluding carboxylic acids is 2. The van der Waals surface area contributed by atoms with Gasteiger partial charge in [0.1, 0.15) is 16.6 Å². The molecule has 2 aromatic heterocycles. The molecule has 0 radical (unpaired) electrons. The first-order valence-electron chi connectivity index (χ1n) is 8.11. The molecule has 1 aliphatic rings. The van der Waals surface area contributed by atoms with E-state index >= 15 is 0 Å². The minimum Gasteiger partial charge on any atom is -0.365 e. The molecule has 6 nitrogen and oxygen atoms in total. The lowest BCUT2D eigenvalue weighted by Gasteiger charge is -2.17. The van der Waals surface area contributed by atoms with Gasteiger partial charge in [-0.1, -0.05) is 6.92 Å². The van der Waals surface area contributed by atoms with Gasteiger partial charge in [0, 0.05) is 10.9 Å². The third-order valence-corrected chi connectivity index (χ3v) is 5.52.